The molecule has 3 heterocycles. The summed E-state index contributed by atoms with van der Waals surface area (Å²) in [5.74, 6) is -1.48. The van der Waals surface area contributed by atoms with E-state index in [-0.39, 0.29) is 17.9 Å². The third-order valence-electron chi connectivity index (χ3n) is 4.63. The van der Waals surface area contributed by atoms with E-state index in [9.17, 15) is 14.7 Å². The number of aryl methyl sites for hydroxylation is 2. The Balaban J connectivity index is 2.19. The number of methoxy groups -OCH3 is 1. The Morgan fingerprint density at radius 3 is 2.65 bits per heavy atom. The molecule has 1 aliphatic heterocycles. The SMILES string of the molecule is COCCN1C(=O)C(=O)/C(=C(/O)c2c(C)nn(C)c2C)C1c1cccs1. The van der Waals surface area contributed by atoms with Crippen LogP contribution in [-0.2, 0) is 21.4 Å². The zero-order valence-corrected chi connectivity index (χ0v) is 16.0. The topological polar surface area (TPSA) is 84.7 Å². The van der Waals surface area contributed by atoms with E-state index in [0.29, 0.717) is 17.9 Å². The van der Waals surface area contributed by atoms with Crippen molar-refractivity contribution in [3.05, 3.63) is 44.9 Å². The molecule has 26 heavy (non-hydrogen) atoms. The summed E-state index contributed by atoms with van der Waals surface area (Å²) in [6.45, 7) is 4.16. The third-order valence-corrected chi connectivity index (χ3v) is 5.56. The van der Waals surface area contributed by atoms with Crippen molar-refractivity contribution in [2.75, 3.05) is 20.3 Å². The number of nitrogens with zero attached hydrogens (tertiary/aromatic N) is 3. The molecule has 0 aliphatic carbocycles. The summed E-state index contributed by atoms with van der Waals surface area (Å²) < 4.78 is 6.73. The lowest BCUT2D eigenvalue weighted by atomic mass is 9.99. The number of thiophene rings is 1. The molecule has 0 saturated carbocycles. The number of ketones is 1. The van der Waals surface area contributed by atoms with E-state index in [2.05, 4.69) is 5.10 Å². The van der Waals surface area contributed by atoms with Crippen LogP contribution < -0.4 is 0 Å². The Bertz CT molecular complexity index is 883. The lowest BCUT2D eigenvalue weighted by Crippen LogP contribution is -2.32. The molecule has 0 radical (unpaired) electrons. The maximum atomic E-state index is 12.8. The number of carbonyl (C=O) groups is 2. The minimum atomic E-state index is -0.681. The average Bonchev–Trinajstić information content (AvgIpc) is 3.27. The molecule has 138 valence electrons. The average molecular weight is 375 g/mol. The van der Waals surface area contributed by atoms with Crippen LogP contribution in [0.2, 0.25) is 0 Å². The fraction of sp³-hybridized carbons (Fsp3) is 0.389. The molecule has 1 N–H and O–H groups in total. The highest BCUT2D eigenvalue weighted by Gasteiger charge is 2.46. The fourth-order valence-corrected chi connectivity index (χ4v) is 4.14. The Morgan fingerprint density at radius 1 is 1.38 bits per heavy atom. The highest BCUT2D eigenvalue weighted by Crippen LogP contribution is 2.41. The first-order valence-electron chi connectivity index (χ1n) is 8.19. The number of hydrogen-bond acceptors (Lipinski definition) is 6. The summed E-state index contributed by atoms with van der Waals surface area (Å²) in [4.78, 5) is 27.6. The van der Waals surface area contributed by atoms with Crippen LogP contribution in [0.15, 0.2) is 23.1 Å². The predicted octanol–water partition coefficient (Wildman–Crippen LogP) is 2.17. The van der Waals surface area contributed by atoms with Gasteiger partial charge < -0.3 is 14.7 Å². The van der Waals surface area contributed by atoms with Gasteiger partial charge >= 0.3 is 0 Å². The molecule has 1 amide bonds. The largest absolute Gasteiger partial charge is 0.507 e. The van der Waals surface area contributed by atoms with Gasteiger partial charge in [0.1, 0.15) is 5.76 Å². The number of ether oxygens (including phenoxy) is 1. The number of carbonyl (C=O) groups excluding carboxylic acids is 2. The Morgan fingerprint density at radius 2 is 2.12 bits per heavy atom. The smallest absolute Gasteiger partial charge is 0.295 e. The van der Waals surface area contributed by atoms with Crippen molar-refractivity contribution in [3.63, 3.8) is 0 Å². The first-order chi connectivity index (χ1) is 12.4. The molecular formula is C18H21N3O4S. The van der Waals surface area contributed by atoms with Crippen molar-refractivity contribution in [2.24, 2.45) is 7.05 Å². The lowest BCUT2D eigenvalue weighted by Gasteiger charge is -2.23. The quantitative estimate of drug-likeness (QED) is 0.492. The minimum Gasteiger partial charge on any atom is -0.507 e. The van der Waals surface area contributed by atoms with Gasteiger partial charge in [-0.1, -0.05) is 6.07 Å². The predicted molar refractivity (Wildman–Crippen MR) is 97.9 cm³/mol. The van der Waals surface area contributed by atoms with Crippen LogP contribution in [-0.4, -0.2) is 51.7 Å². The highest BCUT2D eigenvalue weighted by molar-refractivity contribution is 7.10. The van der Waals surface area contributed by atoms with Gasteiger partial charge in [-0.05, 0) is 25.3 Å². The second-order valence-electron chi connectivity index (χ2n) is 6.17. The maximum absolute atomic E-state index is 12.8. The number of Topliss-reactive ketones (excluding diaryl/α,β-unsaturated/α-hetero) is 1. The summed E-state index contributed by atoms with van der Waals surface area (Å²) in [5.41, 5.74) is 1.94. The van der Waals surface area contributed by atoms with Gasteiger partial charge in [0.25, 0.3) is 11.7 Å². The molecule has 1 atom stereocenters. The number of rotatable bonds is 5. The second kappa shape index (κ2) is 7.05. The molecule has 8 heteroatoms. The summed E-state index contributed by atoms with van der Waals surface area (Å²) >= 11 is 1.44. The van der Waals surface area contributed by atoms with Crippen LogP contribution in [0, 0.1) is 13.8 Å². The van der Waals surface area contributed by atoms with E-state index in [0.717, 1.165) is 10.6 Å². The van der Waals surface area contributed by atoms with Crippen LogP contribution in [0.3, 0.4) is 0 Å². The van der Waals surface area contributed by atoms with Gasteiger partial charge in [-0.3, -0.25) is 14.3 Å². The van der Waals surface area contributed by atoms with Crippen molar-refractivity contribution in [2.45, 2.75) is 19.9 Å². The molecule has 2 aromatic rings. The molecule has 1 unspecified atom stereocenters. The molecule has 7 nitrogen and oxygen atoms in total. The Hall–Kier alpha value is -2.45. The fourth-order valence-electron chi connectivity index (χ4n) is 3.29. The van der Waals surface area contributed by atoms with Crippen molar-refractivity contribution in [1.82, 2.24) is 14.7 Å². The first kappa shape index (κ1) is 18.3. The zero-order chi connectivity index (χ0) is 19.0. The normalized spacial score (nSPS) is 19.5. The first-order valence-corrected chi connectivity index (χ1v) is 9.07. The molecular weight excluding hydrogens is 354 g/mol. The van der Waals surface area contributed by atoms with Gasteiger partial charge in [-0.2, -0.15) is 5.10 Å². The Labute approximate surface area is 155 Å². The summed E-state index contributed by atoms with van der Waals surface area (Å²) in [5, 5.41) is 17.2. The number of amides is 1. The maximum Gasteiger partial charge on any atom is 0.295 e. The monoisotopic (exact) mass is 375 g/mol. The van der Waals surface area contributed by atoms with Gasteiger partial charge in [0.05, 0.1) is 29.5 Å². The van der Waals surface area contributed by atoms with Crippen LogP contribution in [0.4, 0.5) is 0 Å². The minimum absolute atomic E-state index is 0.104. The highest BCUT2D eigenvalue weighted by atomic mass is 32.1. The summed E-state index contributed by atoms with van der Waals surface area (Å²) in [6, 6.07) is 3.10. The van der Waals surface area contributed by atoms with Crippen molar-refractivity contribution in [3.8, 4) is 0 Å². The molecule has 1 aliphatic rings. The number of aromatic nitrogens is 2. The second-order valence-corrected chi connectivity index (χ2v) is 7.15. The summed E-state index contributed by atoms with van der Waals surface area (Å²) in [6.07, 6.45) is 0. The molecule has 2 aromatic heterocycles. The zero-order valence-electron chi connectivity index (χ0n) is 15.1. The van der Waals surface area contributed by atoms with Gasteiger partial charge in [0.2, 0.25) is 0 Å². The van der Waals surface area contributed by atoms with Crippen LogP contribution in [0.5, 0.6) is 0 Å². The molecule has 0 aromatic carbocycles. The van der Waals surface area contributed by atoms with Crippen molar-refractivity contribution >= 4 is 28.8 Å². The molecule has 3 rings (SSSR count). The molecule has 1 fully saturated rings. The third kappa shape index (κ3) is 2.85. The van der Waals surface area contributed by atoms with Crippen LogP contribution in [0.1, 0.15) is 27.9 Å². The van der Waals surface area contributed by atoms with Crippen LogP contribution in [0.25, 0.3) is 5.76 Å². The van der Waals surface area contributed by atoms with E-state index in [4.69, 9.17) is 4.74 Å². The molecule has 0 bridgehead atoms. The van der Waals surface area contributed by atoms with E-state index < -0.39 is 17.7 Å². The van der Waals surface area contributed by atoms with Crippen LogP contribution >= 0.6 is 11.3 Å². The van der Waals surface area contributed by atoms with E-state index >= 15 is 0 Å². The number of aliphatic hydroxyl groups excluding tert-OH is 1. The van der Waals surface area contributed by atoms with E-state index in [1.807, 2.05) is 24.4 Å². The number of aliphatic hydroxyl groups is 1. The van der Waals surface area contributed by atoms with Gasteiger partial charge in [0, 0.05) is 31.3 Å². The van der Waals surface area contributed by atoms with Gasteiger partial charge in [-0.25, -0.2) is 0 Å². The van der Waals surface area contributed by atoms with E-state index in [1.54, 1.807) is 25.8 Å². The van der Waals surface area contributed by atoms with Gasteiger partial charge in [-0.15, -0.1) is 11.3 Å². The van der Waals surface area contributed by atoms with Gasteiger partial charge in [0.15, 0.2) is 0 Å². The summed E-state index contributed by atoms with van der Waals surface area (Å²) in [7, 11) is 3.31. The van der Waals surface area contributed by atoms with Crippen molar-refractivity contribution < 1.29 is 19.4 Å². The standard InChI is InChI=1S/C18H21N3O4S/c1-10-13(11(2)20(3)19-10)16(22)14-15(12-6-5-9-26-12)21(7-8-25-4)18(24)17(14)23/h5-6,9,15,22H,7-8H2,1-4H3/b16-14+. The van der Waals surface area contributed by atoms with Crippen molar-refractivity contribution in [1.29, 1.82) is 0 Å². The molecule has 0 spiro atoms. The lowest BCUT2D eigenvalue weighted by molar-refractivity contribution is -0.140. The number of likely N-dealkylation sites (tertiary alicyclic amines) is 1. The Kier molecular flexibility index (Phi) is 4.97. The molecule has 1 saturated heterocycles. The van der Waals surface area contributed by atoms with E-state index in [1.165, 1.54) is 16.2 Å². The number of hydrogen-bond donors (Lipinski definition) is 1.